The Kier molecular flexibility index (Phi) is 4.34. The molecule has 11 rings (SSSR count). The van der Waals surface area contributed by atoms with E-state index in [0.29, 0.717) is 5.56 Å². The average molecular weight is 584 g/mol. The summed E-state index contributed by atoms with van der Waals surface area (Å²) in [5.41, 5.74) is 7.65. The Labute approximate surface area is 261 Å². The third-order valence-corrected chi connectivity index (χ3v) is 10.0. The number of pyridine rings is 2. The highest BCUT2D eigenvalue weighted by molar-refractivity contribution is 6.35. The summed E-state index contributed by atoms with van der Waals surface area (Å²) in [5, 5.41) is 23.9. The van der Waals surface area contributed by atoms with Crippen LogP contribution in [-0.2, 0) is 0 Å². The van der Waals surface area contributed by atoms with Gasteiger partial charge in [0.15, 0.2) is 0 Å². The molecular weight excluding hydrogens is 562 g/mol. The lowest BCUT2D eigenvalue weighted by Crippen LogP contribution is -2.03. The molecule has 4 aromatic heterocycles. The molecule has 0 spiro atoms. The minimum absolute atomic E-state index is 0.625. The molecule has 46 heavy (non-hydrogen) atoms. The lowest BCUT2D eigenvalue weighted by Gasteiger charge is -2.15. The molecule has 0 aliphatic heterocycles. The second-order valence-electron chi connectivity index (χ2n) is 12.1. The van der Waals surface area contributed by atoms with Crippen LogP contribution in [0.3, 0.4) is 0 Å². The Morgan fingerprint density at radius 3 is 1.57 bits per heavy atom. The highest BCUT2D eigenvalue weighted by Crippen LogP contribution is 2.46. The number of hydrogen-bond acceptors (Lipinski definition) is 3. The van der Waals surface area contributed by atoms with Crippen molar-refractivity contribution in [1.29, 1.82) is 5.26 Å². The first kappa shape index (κ1) is 23.9. The van der Waals surface area contributed by atoms with Crippen molar-refractivity contribution in [3.63, 3.8) is 0 Å². The molecule has 7 aromatic carbocycles. The van der Waals surface area contributed by atoms with Crippen LogP contribution >= 0.6 is 0 Å². The van der Waals surface area contributed by atoms with Gasteiger partial charge in [-0.2, -0.15) is 5.26 Å². The van der Waals surface area contributed by atoms with Crippen molar-refractivity contribution < 1.29 is 0 Å². The maximum absolute atomic E-state index is 11.0. The van der Waals surface area contributed by atoms with E-state index in [1.165, 1.54) is 43.1 Å². The maximum Gasteiger partial charge on any atom is 0.104 e. The molecule has 4 heterocycles. The van der Waals surface area contributed by atoms with Gasteiger partial charge in [-0.25, -0.2) is 0 Å². The van der Waals surface area contributed by atoms with E-state index in [-0.39, 0.29) is 0 Å². The summed E-state index contributed by atoms with van der Waals surface area (Å²) >= 11 is 0. The quantitative estimate of drug-likeness (QED) is 0.190. The largest absolute Gasteiger partial charge is 0.308 e. The summed E-state index contributed by atoms with van der Waals surface area (Å²) in [6, 6.07) is 41.0. The van der Waals surface area contributed by atoms with E-state index >= 15 is 0 Å². The predicted molar refractivity (Wildman–Crippen MR) is 188 cm³/mol. The summed E-state index contributed by atoms with van der Waals surface area (Å²) in [6.45, 7) is 0. The van der Waals surface area contributed by atoms with Crippen molar-refractivity contribution in [3.05, 3.63) is 133 Å². The first-order valence-corrected chi connectivity index (χ1v) is 15.4. The smallest absolute Gasteiger partial charge is 0.104 e. The molecule has 0 aliphatic carbocycles. The monoisotopic (exact) mass is 583 g/mol. The van der Waals surface area contributed by atoms with Crippen LogP contribution in [0, 0.1) is 11.3 Å². The van der Waals surface area contributed by atoms with E-state index in [1.807, 2.05) is 24.7 Å². The summed E-state index contributed by atoms with van der Waals surface area (Å²) in [6.07, 6.45) is 5.70. The Morgan fingerprint density at radius 1 is 0.457 bits per heavy atom. The van der Waals surface area contributed by atoms with Gasteiger partial charge in [0.05, 0.1) is 39.0 Å². The van der Waals surface area contributed by atoms with Gasteiger partial charge < -0.3 is 9.13 Å². The van der Waals surface area contributed by atoms with Crippen molar-refractivity contribution in [2.45, 2.75) is 0 Å². The molecule has 0 unspecified atom stereocenters. The fourth-order valence-electron chi connectivity index (χ4n) is 8.30. The highest BCUT2D eigenvalue weighted by atomic mass is 15.0. The van der Waals surface area contributed by atoms with Crippen molar-refractivity contribution in [1.82, 2.24) is 19.1 Å². The van der Waals surface area contributed by atoms with Crippen LogP contribution in [0.15, 0.2) is 128 Å². The van der Waals surface area contributed by atoms with Gasteiger partial charge in [-0.1, -0.05) is 60.7 Å². The van der Waals surface area contributed by atoms with Crippen molar-refractivity contribution >= 4 is 86.8 Å². The molecule has 0 fully saturated rings. The molecule has 210 valence electrons. The zero-order valence-corrected chi connectivity index (χ0v) is 24.4. The van der Waals surface area contributed by atoms with Crippen LogP contribution in [0.5, 0.6) is 0 Å². The van der Waals surface area contributed by atoms with Crippen LogP contribution in [0.1, 0.15) is 5.56 Å². The minimum Gasteiger partial charge on any atom is -0.308 e. The van der Waals surface area contributed by atoms with Crippen LogP contribution in [-0.4, -0.2) is 19.1 Å². The van der Waals surface area contributed by atoms with Gasteiger partial charge in [0.25, 0.3) is 0 Å². The first-order valence-electron chi connectivity index (χ1n) is 15.4. The first-order chi connectivity index (χ1) is 22.8. The van der Waals surface area contributed by atoms with E-state index in [1.54, 1.807) is 0 Å². The molecule has 0 saturated heterocycles. The summed E-state index contributed by atoms with van der Waals surface area (Å²) < 4.78 is 4.55. The van der Waals surface area contributed by atoms with Crippen LogP contribution < -0.4 is 0 Å². The van der Waals surface area contributed by atoms with Crippen LogP contribution in [0.25, 0.3) is 98.2 Å². The highest BCUT2D eigenvalue weighted by Gasteiger charge is 2.25. The third kappa shape index (κ3) is 2.72. The number of benzene rings is 7. The molecule has 0 bridgehead atoms. The van der Waals surface area contributed by atoms with Gasteiger partial charge in [0, 0.05) is 56.3 Å². The van der Waals surface area contributed by atoms with Gasteiger partial charge >= 0.3 is 0 Å². The van der Waals surface area contributed by atoms with Crippen LogP contribution in [0.2, 0.25) is 0 Å². The SMILES string of the molecule is N#Cc1c(-n2c3cccc4c5ccncc5c5cccc2c5c43)cccc1-n1c2cccc3c4cccnc4c4cccc1c4c32. The zero-order chi connectivity index (χ0) is 30.1. The fourth-order valence-corrected chi connectivity index (χ4v) is 8.30. The summed E-state index contributed by atoms with van der Waals surface area (Å²) in [7, 11) is 0. The number of nitriles is 1. The molecule has 0 atom stereocenters. The molecule has 5 nitrogen and oxygen atoms in total. The molecule has 0 amide bonds. The van der Waals surface area contributed by atoms with E-state index in [9.17, 15) is 5.26 Å². The average Bonchev–Trinajstić information content (AvgIpc) is 3.64. The Morgan fingerprint density at radius 2 is 0.957 bits per heavy atom. The number of aromatic nitrogens is 4. The van der Waals surface area contributed by atoms with Gasteiger partial charge in [-0.3, -0.25) is 9.97 Å². The molecule has 0 saturated carbocycles. The van der Waals surface area contributed by atoms with E-state index in [0.717, 1.165) is 55.1 Å². The van der Waals surface area contributed by atoms with Crippen molar-refractivity contribution in [2.24, 2.45) is 0 Å². The number of hydrogen-bond donors (Lipinski definition) is 0. The fraction of sp³-hybridized carbons (Fsp3) is 0. The van der Waals surface area contributed by atoms with Crippen molar-refractivity contribution in [2.75, 3.05) is 0 Å². The standard InChI is InChI=1S/C41H21N5/c42-21-29-31(45-33-14-1-7-24-23-18-20-43-22-30(23)26-9-3-16-35(45)39(26)37(24)33)12-5-13-32(29)46-34-15-2-8-25-27-11-6-19-44-41(27)28-10-4-17-36(46)40(28)38(25)34/h1-20,22H. The van der Waals surface area contributed by atoms with Crippen LogP contribution in [0.4, 0.5) is 0 Å². The Bertz CT molecular complexity index is 2720. The number of nitrogens with zero attached hydrogens (tertiary/aromatic N) is 5. The lowest BCUT2D eigenvalue weighted by atomic mass is 9.96. The predicted octanol–water partition coefficient (Wildman–Crippen LogP) is 10.0. The Hall–Kier alpha value is -6.51. The second kappa shape index (κ2) is 8.35. The maximum atomic E-state index is 11.0. The normalized spacial score (nSPS) is 12.3. The summed E-state index contributed by atoms with van der Waals surface area (Å²) in [5.74, 6) is 0. The molecule has 5 heteroatoms. The molecular formula is C41H21N5. The van der Waals surface area contributed by atoms with Crippen molar-refractivity contribution in [3.8, 4) is 17.4 Å². The van der Waals surface area contributed by atoms with Gasteiger partial charge in [-0.15, -0.1) is 0 Å². The molecule has 0 N–H and O–H groups in total. The molecule has 0 aliphatic rings. The lowest BCUT2D eigenvalue weighted by molar-refractivity contribution is 1.12. The second-order valence-corrected chi connectivity index (χ2v) is 12.1. The summed E-state index contributed by atoms with van der Waals surface area (Å²) in [4.78, 5) is 9.29. The van der Waals surface area contributed by atoms with Gasteiger partial charge in [0.2, 0.25) is 0 Å². The third-order valence-electron chi connectivity index (χ3n) is 10.0. The van der Waals surface area contributed by atoms with E-state index in [2.05, 4.69) is 123 Å². The number of fused-ring (bicyclic) bond motifs is 6. The van der Waals surface area contributed by atoms with E-state index in [4.69, 9.17) is 4.98 Å². The zero-order valence-electron chi connectivity index (χ0n) is 24.4. The van der Waals surface area contributed by atoms with Gasteiger partial charge in [0.1, 0.15) is 11.6 Å². The minimum atomic E-state index is 0.625. The molecule has 0 radical (unpaired) electrons. The topological polar surface area (TPSA) is 59.4 Å². The Balaban J connectivity index is 1.30. The number of rotatable bonds is 2. The van der Waals surface area contributed by atoms with E-state index < -0.39 is 0 Å². The van der Waals surface area contributed by atoms with Gasteiger partial charge in [-0.05, 0) is 70.1 Å². The molecule has 11 aromatic rings.